The SMILES string of the molecule is Cc1cc(CN(CCCl)C2CCC2)n(C)n1. The minimum absolute atomic E-state index is 0.716. The van der Waals surface area contributed by atoms with Crippen molar-refractivity contribution in [3.8, 4) is 0 Å². The quantitative estimate of drug-likeness (QED) is 0.738. The molecule has 2 rings (SSSR count). The number of hydrogen-bond acceptors (Lipinski definition) is 2. The Kier molecular flexibility index (Phi) is 3.87. The molecule has 0 spiro atoms. The van der Waals surface area contributed by atoms with Crippen molar-refractivity contribution >= 4 is 11.6 Å². The number of nitrogens with zero attached hydrogens (tertiary/aromatic N) is 3. The Balaban J connectivity index is 2.01. The van der Waals surface area contributed by atoms with Gasteiger partial charge in [0.25, 0.3) is 0 Å². The highest BCUT2D eigenvalue weighted by Crippen LogP contribution is 2.26. The fourth-order valence-electron chi connectivity index (χ4n) is 2.27. The van der Waals surface area contributed by atoms with Gasteiger partial charge in [-0.25, -0.2) is 0 Å². The fourth-order valence-corrected chi connectivity index (χ4v) is 2.49. The van der Waals surface area contributed by atoms with Crippen LogP contribution in [-0.2, 0) is 13.6 Å². The van der Waals surface area contributed by atoms with Crippen LogP contribution in [0.3, 0.4) is 0 Å². The summed E-state index contributed by atoms with van der Waals surface area (Å²) in [4.78, 5) is 2.49. The first-order chi connectivity index (χ1) is 7.70. The molecular weight excluding hydrogens is 222 g/mol. The predicted octanol–water partition coefficient (Wildman–Crippen LogP) is 2.32. The van der Waals surface area contributed by atoms with E-state index in [-0.39, 0.29) is 0 Å². The van der Waals surface area contributed by atoms with E-state index < -0.39 is 0 Å². The van der Waals surface area contributed by atoms with Crippen LogP contribution in [0.25, 0.3) is 0 Å². The summed E-state index contributed by atoms with van der Waals surface area (Å²) >= 11 is 5.87. The van der Waals surface area contributed by atoms with Crippen molar-refractivity contribution < 1.29 is 0 Å². The molecule has 0 saturated heterocycles. The second-order valence-corrected chi connectivity index (χ2v) is 5.02. The molecule has 4 heteroatoms. The maximum absolute atomic E-state index is 5.87. The van der Waals surface area contributed by atoms with Gasteiger partial charge in [0.05, 0.1) is 11.4 Å². The van der Waals surface area contributed by atoms with Gasteiger partial charge in [-0.05, 0) is 25.8 Å². The summed E-state index contributed by atoms with van der Waals surface area (Å²) in [5.74, 6) is 0.716. The Morgan fingerprint density at radius 1 is 1.56 bits per heavy atom. The molecule has 0 atom stereocenters. The molecule has 90 valence electrons. The lowest BCUT2D eigenvalue weighted by molar-refractivity contribution is 0.124. The largest absolute Gasteiger partial charge is 0.293 e. The summed E-state index contributed by atoms with van der Waals surface area (Å²) in [5, 5.41) is 4.38. The van der Waals surface area contributed by atoms with Crippen molar-refractivity contribution in [2.45, 2.75) is 38.8 Å². The second kappa shape index (κ2) is 5.19. The normalized spacial score (nSPS) is 16.8. The topological polar surface area (TPSA) is 21.1 Å². The molecule has 16 heavy (non-hydrogen) atoms. The van der Waals surface area contributed by atoms with Gasteiger partial charge in [-0.2, -0.15) is 5.10 Å². The molecule has 0 aliphatic heterocycles. The molecular formula is C12H20ClN3. The van der Waals surface area contributed by atoms with E-state index in [4.69, 9.17) is 11.6 Å². The van der Waals surface area contributed by atoms with Gasteiger partial charge in [-0.3, -0.25) is 9.58 Å². The van der Waals surface area contributed by atoms with Crippen LogP contribution >= 0.6 is 11.6 Å². The van der Waals surface area contributed by atoms with E-state index in [9.17, 15) is 0 Å². The van der Waals surface area contributed by atoms with Gasteiger partial charge in [0, 0.05) is 32.1 Å². The van der Waals surface area contributed by atoms with Crippen LogP contribution in [-0.4, -0.2) is 33.1 Å². The summed E-state index contributed by atoms with van der Waals surface area (Å²) in [7, 11) is 2.02. The Bertz CT molecular complexity index is 344. The zero-order chi connectivity index (χ0) is 11.5. The fraction of sp³-hybridized carbons (Fsp3) is 0.750. The Morgan fingerprint density at radius 3 is 2.75 bits per heavy atom. The summed E-state index contributed by atoms with van der Waals surface area (Å²) in [6, 6.07) is 2.91. The number of hydrogen-bond donors (Lipinski definition) is 0. The van der Waals surface area contributed by atoms with Gasteiger partial charge in [-0.15, -0.1) is 11.6 Å². The van der Waals surface area contributed by atoms with Crippen molar-refractivity contribution in [3.63, 3.8) is 0 Å². The zero-order valence-corrected chi connectivity index (χ0v) is 10.9. The lowest BCUT2D eigenvalue weighted by atomic mass is 9.91. The Morgan fingerprint density at radius 2 is 2.31 bits per heavy atom. The molecule has 0 amide bonds. The van der Waals surface area contributed by atoms with Gasteiger partial charge in [0.15, 0.2) is 0 Å². The molecule has 0 aromatic carbocycles. The van der Waals surface area contributed by atoms with Crippen LogP contribution in [0.15, 0.2) is 6.07 Å². The number of halogens is 1. The average Bonchev–Trinajstić information content (AvgIpc) is 2.42. The van der Waals surface area contributed by atoms with Crippen LogP contribution in [0.4, 0.5) is 0 Å². The Hall–Kier alpha value is -0.540. The summed E-state index contributed by atoms with van der Waals surface area (Å²) in [6.07, 6.45) is 4.02. The van der Waals surface area contributed by atoms with Crippen LogP contribution < -0.4 is 0 Å². The van der Waals surface area contributed by atoms with Gasteiger partial charge in [-0.1, -0.05) is 6.42 Å². The van der Waals surface area contributed by atoms with E-state index in [2.05, 4.69) is 16.1 Å². The molecule has 1 heterocycles. The minimum Gasteiger partial charge on any atom is -0.293 e. The first-order valence-electron chi connectivity index (χ1n) is 6.00. The van der Waals surface area contributed by atoms with Crippen LogP contribution in [0, 0.1) is 6.92 Å². The smallest absolute Gasteiger partial charge is 0.0597 e. The monoisotopic (exact) mass is 241 g/mol. The van der Waals surface area contributed by atoms with E-state index in [0.717, 1.165) is 24.8 Å². The molecule has 0 bridgehead atoms. The highest BCUT2D eigenvalue weighted by molar-refractivity contribution is 6.18. The highest BCUT2D eigenvalue weighted by atomic mass is 35.5. The van der Waals surface area contributed by atoms with Crippen molar-refractivity contribution in [1.29, 1.82) is 0 Å². The molecule has 1 fully saturated rings. The van der Waals surface area contributed by atoms with Crippen molar-refractivity contribution in [2.24, 2.45) is 7.05 Å². The van der Waals surface area contributed by atoms with Gasteiger partial charge >= 0.3 is 0 Å². The third-order valence-electron chi connectivity index (χ3n) is 3.43. The first kappa shape index (κ1) is 11.9. The number of aromatic nitrogens is 2. The van der Waals surface area contributed by atoms with Crippen molar-refractivity contribution in [1.82, 2.24) is 14.7 Å². The lowest BCUT2D eigenvalue weighted by Gasteiger charge is -2.37. The molecule has 1 saturated carbocycles. The summed E-state index contributed by atoms with van der Waals surface area (Å²) < 4.78 is 1.98. The number of alkyl halides is 1. The van der Waals surface area contributed by atoms with E-state index in [0.29, 0.717) is 5.88 Å². The highest BCUT2D eigenvalue weighted by Gasteiger charge is 2.25. The Labute approximate surface area is 102 Å². The van der Waals surface area contributed by atoms with Crippen LogP contribution in [0.2, 0.25) is 0 Å². The maximum atomic E-state index is 5.87. The number of rotatable bonds is 5. The molecule has 0 unspecified atom stereocenters. The molecule has 1 aliphatic rings. The van der Waals surface area contributed by atoms with Crippen molar-refractivity contribution in [3.05, 3.63) is 17.5 Å². The summed E-state index contributed by atoms with van der Waals surface area (Å²) in [6.45, 7) is 4.00. The second-order valence-electron chi connectivity index (χ2n) is 4.64. The molecule has 1 aromatic heterocycles. The average molecular weight is 242 g/mol. The third kappa shape index (κ3) is 2.58. The van der Waals surface area contributed by atoms with Gasteiger partial charge < -0.3 is 0 Å². The first-order valence-corrected chi connectivity index (χ1v) is 6.53. The minimum atomic E-state index is 0.716. The van der Waals surface area contributed by atoms with Gasteiger partial charge in [0.2, 0.25) is 0 Å². The predicted molar refractivity (Wildman–Crippen MR) is 66.7 cm³/mol. The van der Waals surface area contributed by atoms with Crippen LogP contribution in [0.5, 0.6) is 0 Å². The van der Waals surface area contributed by atoms with E-state index in [1.807, 2.05) is 18.7 Å². The van der Waals surface area contributed by atoms with Crippen molar-refractivity contribution in [2.75, 3.05) is 12.4 Å². The maximum Gasteiger partial charge on any atom is 0.0597 e. The van der Waals surface area contributed by atoms with E-state index >= 15 is 0 Å². The van der Waals surface area contributed by atoms with E-state index in [1.165, 1.54) is 25.0 Å². The molecule has 1 aliphatic carbocycles. The third-order valence-corrected chi connectivity index (χ3v) is 3.60. The lowest BCUT2D eigenvalue weighted by Crippen LogP contribution is -2.41. The standard InChI is InChI=1S/C12H20ClN3/c1-10-8-12(15(2)14-10)9-16(7-6-13)11-4-3-5-11/h8,11H,3-7,9H2,1-2H3. The zero-order valence-electron chi connectivity index (χ0n) is 10.1. The number of aryl methyl sites for hydroxylation is 2. The summed E-state index contributed by atoms with van der Waals surface area (Å²) in [5.41, 5.74) is 2.38. The van der Waals surface area contributed by atoms with Crippen LogP contribution in [0.1, 0.15) is 30.7 Å². The molecule has 0 N–H and O–H groups in total. The van der Waals surface area contributed by atoms with Gasteiger partial charge in [0.1, 0.15) is 0 Å². The molecule has 1 aromatic rings. The molecule has 0 radical (unpaired) electrons. The van der Waals surface area contributed by atoms with E-state index in [1.54, 1.807) is 0 Å². The molecule has 3 nitrogen and oxygen atoms in total.